The number of hydrogen-bond acceptors (Lipinski definition) is 4. The van der Waals surface area contributed by atoms with E-state index in [2.05, 4.69) is 6.07 Å². The Kier molecular flexibility index (Phi) is 3.95. The predicted molar refractivity (Wildman–Crippen MR) is 94.2 cm³/mol. The Bertz CT molecular complexity index is 632. The lowest BCUT2D eigenvalue weighted by Gasteiger charge is -2.63. The summed E-state index contributed by atoms with van der Waals surface area (Å²) in [6, 6.07) is 1.76. The summed E-state index contributed by atoms with van der Waals surface area (Å²) >= 11 is 4.92. The second-order valence-corrected chi connectivity index (χ2v) is 9.60. The molecule has 25 heavy (non-hydrogen) atoms. The van der Waals surface area contributed by atoms with E-state index in [9.17, 15) is 20.0 Å². The molecule has 1 heterocycles. The molecule has 2 amide bonds. The summed E-state index contributed by atoms with van der Waals surface area (Å²) in [6.45, 7) is 0.427. The lowest BCUT2D eigenvalue weighted by atomic mass is 9.52. The topological polar surface area (TPSA) is 84.6 Å². The standard InChI is InChI=1S/C18H25N3O3S/c19-9-14-2-1-3-20(14)15(22)10-21(16(23)24)17-5-12-4-13(6-17)8-18(25,7-12)11-17/h12-14,25H,1-8,10-11H2,(H,23,24)/t12?,13?,14-,17?,18?/m0/s1. The quantitative estimate of drug-likeness (QED) is 0.755. The fourth-order valence-corrected chi connectivity index (χ4v) is 7.16. The Balaban J connectivity index is 1.57. The molecule has 5 aliphatic rings. The molecule has 7 heteroatoms. The van der Waals surface area contributed by atoms with Gasteiger partial charge >= 0.3 is 6.09 Å². The van der Waals surface area contributed by atoms with Crippen molar-refractivity contribution in [2.75, 3.05) is 13.1 Å². The largest absolute Gasteiger partial charge is 0.465 e. The second-order valence-electron chi connectivity index (χ2n) is 8.65. The summed E-state index contributed by atoms with van der Waals surface area (Å²) in [5.41, 5.74) is -0.449. The highest BCUT2D eigenvalue weighted by Crippen LogP contribution is 2.61. The van der Waals surface area contributed by atoms with Crippen molar-refractivity contribution in [1.29, 1.82) is 5.26 Å². The van der Waals surface area contributed by atoms with Crippen molar-refractivity contribution in [2.24, 2.45) is 11.8 Å². The summed E-state index contributed by atoms with van der Waals surface area (Å²) in [6.07, 6.45) is 6.25. The predicted octanol–water partition coefficient (Wildman–Crippen LogP) is 2.50. The first-order valence-corrected chi connectivity index (χ1v) is 9.71. The Labute approximate surface area is 153 Å². The van der Waals surface area contributed by atoms with Gasteiger partial charge in [0.2, 0.25) is 5.91 Å². The average molecular weight is 363 g/mol. The molecule has 2 unspecified atom stereocenters. The molecule has 4 bridgehead atoms. The Morgan fingerprint density at radius 3 is 2.52 bits per heavy atom. The number of likely N-dealkylation sites (tertiary alicyclic amines) is 1. The van der Waals surface area contributed by atoms with Gasteiger partial charge in [0.1, 0.15) is 12.6 Å². The molecule has 0 spiro atoms. The zero-order chi connectivity index (χ0) is 17.8. The van der Waals surface area contributed by atoms with E-state index in [4.69, 9.17) is 12.6 Å². The second kappa shape index (κ2) is 5.80. The Morgan fingerprint density at radius 2 is 1.96 bits per heavy atom. The van der Waals surface area contributed by atoms with Gasteiger partial charge in [0, 0.05) is 16.8 Å². The SMILES string of the molecule is N#C[C@@H]1CCCN1C(=O)CN(C(=O)O)C12CC3CC(CC(S)(C3)C1)C2. The van der Waals surface area contributed by atoms with E-state index in [1.54, 1.807) is 4.90 Å². The van der Waals surface area contributed by atoms with E-state index >= 15 is 0 Å². The third-order valence-corrected chi connectivity index (χ3v) is 7.34. The van der Waals surface area contributed by atoms with Gasteiger partial charge in [0.05, 0.1) is 6.07 Å². The minimum absolute atomic E-state index is 0.0797. The van der Waals surface area contributed by atoms with Gasteiger partial charge in [-0.05, 0) is 63.2 Å². The van der Waals surface area contributed by atoms with E-state index in [1.807, 2.05) is 0 Å². The molecule has 136 valence electrons. The van der Waals surface area contributed by atoms with Gasteiger partial charge in [-0.15, -0.1) is 0 Å². The Morgan fingerprint density at radius 1 is 1.28 bits per heavy atom. The molecule has 3 atom stereocenters. The van der Waals surface area contributed by atoms with Crippen LogP contribution in [0.3, 0.4) is 0 Å². The maximum atomic E-state index is 12.8. The van der Waals surface area contributed by atoms with Crippen molar-refractivity contribution < 1.29 is 14.7 Å². The molecule has 1 aliphatic heterocycles. The number of hydrogen-bond donors (Lipinski definition) is 2. The monoisotopic (exact) mass is 363 g/mol. The zero-order valence-corrected chi connectivity index (χ0v) is 15.3. The molecule has 0 radical (unpaired) electrons. The number of rotatable bonds is 3. The van der Waals surface area contributed by atoms with Crippen molar-refractivity contribution in [3.63, 3.8) is 0 Å². The molecule has 4 saturated carbocycles. The molecular formula is C18H25N3O3S. The number of amides is 2. The average Bonchev–Trinajstić information content (AvgIpc) is 2.98. The van der Waals surface area contributed by atoms with Crippen molar-refractivity contribution in [2.45, 2.75) is 67.7 Å². The van der Waals surface area contributed by atoms with Gasteiger partial charge in [0.15, 0.2) is 0 Å². The lowest BCUT2D eigenvalue weighted by Crippen LogP contribution is -2.66. The van der Waals surface area contributed by atoms with Crippen molar-refractivity contribution >= 4 is 24.6 Å². The molecular weight excluding hydrogens is 338 g/mol. The van der Waals surface area contributed by atoms with Crippen molar-refractivity contribution in [3.05, 3.63) is 0 Å². The van der Waals surface area contributed by atoms with Crippen LogP contribution < -0.4 is 0 Å². The van der Waals surface area contributed by atoms with E-state index in [-0.39, 0.29) is 17.2 Å². The molecule has 0 aromatic carbocycles. The number of carbonyl (C=O) groups excluding carboxylic acids is 1. The van der Waals surface area contributed by atoms with Gasteiger partial charge in [-0.1, -0.05) is 0 Å². The Hall–Kier alpha value is -1.42. The zero-order valence-electron chi connectivity index (χ0n) is 14.4. The number of nitrogens with zero attached hydrogens (tertiary/aromatic N) is 3. The van der Waals surface area contributed by atoms with Crippen LogP contribution in [-0.4, -0.2) is 56.3 Å². The van der Waals surface area contributed by atoms with Crippen LogP contribution in [0.25, 0.3) is 0 Å². The molecule has 0 aromatic rings. The molecule has 0 aromatic heterocycles. The van der Waals surface area contributed by atoms with Gasteiger partial charge in [-0.2, -0.15) is 17.9 Å². The third kappa shape index (κ3) is 2.79. The fourth-order valence-electron chi connectivity index (χ4n) is 6.35. The van der Waals surface area contributed by atoms with Crippen LogP contribution in [0.2, 0.25) is 0 Å². The first-order chi connectivity index (χ1) is 11.8. The van der Waals surface area contributed by atoms with Crippen LogP contribution in [0.4, 0.5) is 4.79 Å². The van der Waals surface area contributed by atoms with Gasteiger partial charge in [-0.3, -0.25) is 9.69 Å². The maximum absolute atomic E-state index is 12.8. The first kappa shape index (κ1) is 17.0. The van der Waals surface area contributed by atoms with Crippen LogP contribution >= 0.6 is 12.6 Å². The third-order valence-electron chi connectivity index (χ3n) is 6.82. The highest BCUT2D eigenvalue weighted by molar-refractivity contribution is 7.81. The van der Waals surface area contributed by atoms with Crippen LogP contribution in [0, 0.1) is 23.2 Å². The normalized spacial score (nSPS) is 41.6. The molecule has 6 nitrogen and oxygen atoms in total. The minimum atomic E-state index is -1.01. The van der Waals surface area contributed by atoms with Gasteiger partial charge in [-0.25, -0.2) is 4.79 Å². The van der Waals surface area contributed by atoms with Gasteiger partial charge < -0.3 is 10.0 Å². The molecule has 1 saturated heterocycles. The summed E-state index contributed by atoms with van der Waals surface area (Å²) in [4.78, 5) is 27.8. The van der Waals surface area contributed by atoms with E-state index in [0.29, 0.717) is 24.8 Å². The number of carboxylic acid groups (broad SMARTS) is 1. The first-order valence-electron chi connectivity index (χ1n) is 9.26. The highest BCUT2D eigenvalue weighted by Gasteiger charge is 2.59. The van der Waals surface area contributed by atoms with Crippen LogP contribution in [0.5, 0.6) is 0 Å². The van der Waals surface area contributed by atoms with Crippen molar-refractivity contribution in [1.82, 2.24) is 9.80 Å². The summed E-state index contributed by atoms with van der Waals surface area (Å²) in [5.74, 6) is 0.819. The molecule has 1 N–H and O–H groups in total. The summed E-state index contributed by atoms with van der Waals surface area (Å²) in [5, 5.41) is 19.1. The van der Waals surface area contributed by atoms with Crippen molar-refractivity contribution in [3.8, 4) is 6.07 Å². The van der Waals surface area contributed by atoms with Crippen LogP contribution in [-0.2, 0) is 4.79 Å². The minimum Gasteiger partial charge on any atom is -0.465 e. The molecule has 4 aliphatic carbocycles. The van der Waals surface area contributed by atoms with Crippen LogP contribution in [0.15, 0.2) is 0 Å². The highest BCUT2D eigenvalue weighted by atomic mass is 32.1. The molecule has 5 rings (SSSR count). The lowest BCUT2D eigenvalue weighted by molar-refractivity contribution is -0.136. The number of nitriles is 1. The van der Waals surface area contributed by atoms with Crippen LogP contribution in [0.1, 0.15) is 51.4 Å². The van der Waals surface area contributed by atoms with E-state index < -0.39 is 17.7 Å². The number of thiol groups is 1. The smallest absolute Gasteiger partial charge is 0.408 e. The summed E-state index contributed by atoms with van der Waals surface area (Å²) < 4.78 is -0.0797. The van der Waals surface area contributed by atoms with E-state index in [0.717, 1.165) is 38.5 Å². The van der Waals surface area contributed by atoms with E-state index in [1.165, 1.54) is 11.3 Å². The summed E-state index contributed by atoms with van der Waals surface area (Å²) in [7, 11) is 0. The number of carbonyl (C=O) groups is 2. The molecule has 5 fully saturated rings. The van der Waals surface area contributed by atoms with Gasteiger partial charge in [0.25, 0.3) is 0 Å². The maximum Gasteiger partial charge on any atom is 0.408 e. The fraction of sp³-hybridized carbons (Fsp3) is 0.833.